The largest absolute Gasteiger partial charge is 0.700 e. The van der Waals surface area contributed by atoms with Gasteiger partial charge in [-0.3, -0.25) is 19.2 Å². The first-order valence-corrected chi connectivity index (χ1v) is 32.3. The summed E-state index contributed by atoms with van der Waals surface area (Å²) in [6.45, 7) is 6.99. The van der Waals surface area contributed by atoms with Crippen LogP contribution in [0.3, 0.4) is 0 Å². The summed E-state index contributed by atoms with van der Waals surface area (Å²) in [7, 11) is -4.44. The number of Topliss-reactive ketones (excluding diaryl/α,β-unsaturated/α-hetero) is 1. The van der Waals surface area contributed by atoms with Crippen LogP contribution in [0, 0.1) is 16.7 Å². The van der Waals surface area contributed by atoms with E-state index >= 15 is 9.59 Å². The van der Waals surface area contributed by atoms with E-state index in [0.717, 1.165) is 13.8 Å². The summed E-state index contributed by atoms with van der Waals surface area (Å²) in [4.78, 5) is 130. The Labute approximate surface area is 514 Å². The Morgan fingerprint density at radius 1 is 0.807 bits per heavy atom. The number of benzene rings is 3. The van der Waals surface area contributed by atoms with Crippen molar-refractivity contribution in [3.63, 3.8) is 0 Å². The molecule has 4 aliphatic rings. The third kappa shape index (κ3) is 15.6. The molecule has 88 heavy (non-hydrogen) atoms. The third-order valence-electron chi connectivity index (χ3n) is 15.9. The summed E-state index contributed by atoms with van der Waals surface area (Å²) < 4.78 is 77.7. The fourth-order valence-corrected chi connectivity index (χ4v) is 14.2. The van der Waals surface area contributed by atoms with Gasteiger partial charge in [0.2, 0.25) is 6.10 Å². The van der Waals surface area contributed by atoms with Gasteiger partial charge in [0.05, 0.1) is 29.6 Å². The summed E-state index contributed by atoms with van der Waals surface area (Å²) in [6.07, 6.45) is -14.4. The second-order valence-corrected chi connectivity index (χ2v) is 25.7. The molecule has 2 bridgehead atoms. The van der Waals surface area contributed by atoms with Crippen molar-refractivity contribution in [2.75, 3.05) is 37.9 Å². The van der Waals surface area contributed by atoms with E-state index < -0.39 is 160 Å². The molecule has 3 aliphatic carbocycles. The van der Waals surface area contributed by atoms with Gasteiger partial charge in [0.15, 0.2) is 17.5 Å². The molecule has 3 aromatic carbocycles. The Morgan fingerprint density at radius 3 is 1.94 bits per heavy atom. The molecule has 27 nitrogen and oxygen atoms in total. The quantitative estimate of drug-likeness (QED) is 0.00954. The van der Waals surface area contributed by atoms with Crippen molar-refractivity contribution in [1.82, 2.24) is 10.6 Å². The molecule has 1 aliphatic heterocycles. The SMILES string of the molecule is CC(=O)O[C@H]1C(=O)[C@@]2(C)[C@H]([C@H](OC(=O)c3ccccc3)[C@]3(O)C[C@H](OC(=O)[C@H](OC(=O)OCCSSCCOC(=O)NCCCC(O)(O[P+](=O)O)O[P+](=O)O)[C@@H](NC(=O)c4ccccc4)c4ccccc4)C(C)=C1C3(C)C)[C@]1(OC(C)=O)CO[C@@H]1C[C@@H]2O. The van der Waals surface area contributed by atoms with Gasteiger partial charge in [0.25, 0.3) is 5.91 Å². The van der Waals surface area contributed by atoms with Crippen LogP contribution in [0.15, 0.2) is 102 Å². The standard InChI is InChI=1S/C57H66N2O25P2S2/c1-32-38(30-56(69)47(81-49(65)37-21-14-9-15-22-37)45-54(6,39(62)29-40-55(45,31-77-40)82-34(3)61)46(63)43(78-33(2)60)41(32)53(56,4)5)79-50(66)44(42(35-17-10-7-11-18-35)59-48(64)36-19-12-8-13-20-36)80-52(68)76-26-28-88-87-27-25-75-51(67)58-24-16-23-57(70,83-85(71)72)84-86(73)74/h7-15,17-22,38-40,42-45,47,62,69-70H,16,23-31H2,1-6H3,(H2-2,58,59,64,67,71,72,73,74)/p+2/t38-,39-,40+,42-,43+,44+,45-,47-,54+,55-,56+/m0/s1. The maximum absolute atomic E-state index is 15.8. The van der Waals surface area contributed by atoms with Crippen LogP contribution in [0.4, 0.5) is 9.59 Å². The minimum atomic E-state index is -3.42. The number of fused-ring (bicyclic) bond motifs is 5. The molecule has 2 amide bonds. The van der Waals surface area contributed by atoms with Gasteiger partial charge in [-0.25, -0.2) is 19.2 Å². The molecule has 31 heteroatoms. The van der Waals surface area contributed by atoms with Gasteiger partial charge >= 0.3 is 58.6 Å². The summed E-state index contributed by atoms with van der Waals surface area (Å²) in [6, 6.07) is 21.9. The highest BCUT2D eigenvalue weighted by atomic mass is 33.1. The van der Waals surface area contributed by atoms with E-state index in [4.69, 9.17) is 47.7 Å². The number of carbonyl (C=O) groups is 8. The van der Waals surface area contributed by atoms with E-state index in [9.17, 15) is 53.2 Å². The number of alkyl carbamates (subject to hydrolysis) is 1. The number of ether oxygens (including phenoxy) is 8. The van der Waals surface area contributed by atoms with E-state index in [2.05, 4.69) is 19.7 Å². The molecule has 3 fully saturated rings. The molecule has 2 unspecified atom stereocenters. The number of hydrogen-bond donors (Lipinski definition) is 7. The van der Waals surface area contributed by atoms with Crippen molar-refractivity contribution < 1.29 is 120 Å². The first-order chi connectivity index (χ1) is 41.6. The molecular formula is C57H68N2O25P2S2+2. The Hall–Kier alpha value is -6.46. The monoisotopic (exact) mass is 1310 g/mol. The Balaban J connectivity index is 1.17. The molecule has 0 spiro atoms. The van der Waals surface area contributed by atoms with Gasteiger partial charge in [-0.15, -0.1) is 9.79 Å². The normalized spacial score (nSPS) is 26.8. The highest BCUT2D eigenvalue weighted by Crippen LogP contribution is 2.64. The first-order valence-electron chi connectivity index (χ1n) is 27.5. The fraction of sp³-hybridized carbons (Fsp3) is 0.509. The third-order valence-corrected chi connectivity index (χ3v) is 19.1. The Morgan fingerprint density at radius 2 is 1.39 bits per heavy atom. The lowest BCUT2D eigenvalue weighted by atomic mass is 9.44. The molecule has 0 aromatic heterocycles. The van der Waals surface area contributed by atoms with Crippen LogP contribution in [0.1, 0.15) is 99.5 Å². The molecule has 1 heterocycles. The predicted molar refractivity (Wildman–Crippen MR) is 308 cm³/mol. The van der Waals surface area contributed by atoms with Crippen LogP contribution in [0.25, 0.3) is 0 Å². The topological polar surface area (TPSA) is 388 Å². The second kappa shape index (κ2) is 29.4. The number of aliphatic hydroxyl groups excluding tert-OH is 1. The average Bonchev–Trinajstić information content (AvgIpc) is 0.681. The number of ketones is 1. The Bertz CT molecular complexity index is 3110. The van der Waals surface area contributed by atoms with Crippen LogP contribution in [0.5, 0.6) is 0 Å². The van der Waals surface area contributed by atoms with Crippen LogP contribution < -0.4 is 10.6 Å². The van der Waals surface area contributed by atoms with E-state index in [-0.39, 0.29) is 71.9 Å². The van der Waals surface area contributed by atoms with Crippen molar-refractivity contribution in [3.05, 3.63) is 119 Å². The lowest BCUT2D eigenvalue weighted by Crippen LogP contribution is -2.82. The van der Waals surface area contributed by atoms with Crippen molar-refractivity contribution in [3.8, 4) is 0 Å². The predicted octanol–water partition coefficient (Wildman–Crippen LogP) is 5.76. The smallest absolute Gasteiger partial charge is 0.455 e. The fourth-order valence-electron chi connectivity index (χ4n) is 11.8. The minimum Gasteiger partial charge on any atom is -0.455 e. The van der Waals surface area contributed by atoms with Crippen LogP contribution in [-0.2, 0) is 75.3 Å². The highest BCUT2D eigenvalue weighted by molar-refractivity contribution is 8.76. The second-order valence-electron chi connectivity index (χ2n) is 21.7. The average molecular weight is 1310 g/mol. The van der Waals surface area contributed by atoms with Gasteiger partial charge < -0.3 is 63.8 Å². The molecule has 476 valence electrons. The molecule has 7 N–H and O–H groups in total. The van der Waals surface area contributed by atoms with Crippen LogP contribution >= 0.6 is 38.1 Å². The number of rotatable bonds is 26. The Kier molecular flexibility index (Phi) is 23.1. The number of esters is 4. The molecule has 1 saturated heterocycles. The van der Waals surface area contributed by atoms with E-state index in [1.54, 1.807) is 66.7 Å². The number of carbonyl (C=O) groups excluding carboxylic acids is 8. The summed E-state index contributed by atoms with van der Waals surface area (Å²) in [5.74, 6) is -10.0. The molecule has 3 aromatic rings. The lowest BCUT2D eigenvalue weighted by Gasteiger charge is -2.67. The molecular weight excluding hydrogens is 1240 g/mol. The number of hydrogen-bond acceptors (Lipinski definition) is 25. The zero-order valence-corrected chi connectivity index (χ0v) is 51.9. The van der Waals surface area contributed by atoms with Gasteiger partial charge in [-0.05, 0) is 70.3 Å². The lowest BCUT2D eigenvalue weighted by molar-refractivity contribution is -0.346. The van der Waals surface area contributed by atoms with Gasteiger partial charge in [-0.1, -0.05) is 102 Å². The van der Waals surface area contributed by atoms with Crippen molar-refractivity contribution >= 4 is 85.9 Å². The summed E-state index contributed by atoms with van der Waals surface area (Å²) >= 11 is 0. The number of amides is 2. The summed E-state index contributed by atoms with van der Waals surface area (Å²) in [5, 5.41) is 41.5. The molecule has 0 radical (unpaired) electrons. The first kappa shape index (κ1) is 69.0. The maximum Gasteiger partial charge on any atom is 0.700 e. The van der Waals surface area contributed by atoms with Crippen molar-refractivity contribution in [2.45, 2.75) is 127 Å². The molecule has 13 atom stereocenters. The van der Waals surface area contributed by atoms with Gasteiger partial charge in [0.1, 0.15) is 43.2 Å². The summed E-state index contributed by atoms with van der Waals surface area (Å²) in [5.41, 5.74) is -8.05. The van der Waals surface area contributed by atoms with Gasteiger partial charge in [0, 0.05) is 71.3 Å². The van der Waals surface area contributed by atoms with E-state index in [0.29, 0.717) is 0 Å². The van der Waals surface area contributed by atoms with Crippen LogP contribution in [-0.4, -0.2) is 165 Å². The van der Waals surface area contributed by atoms with Crippen molar-refractivity contribution in [1.29, 1.82) is 0 Å². The van der Waals surface area contributed by atoms with E-state index in [1.807, 2.05) is 0 Å². The minimum absolute atomic E-state index is 0.000240. The maximum atomic E-state index is 15.8. The molecule has 2 saturated carbocycles. The zero-order valence-electron chi connectivity index (χ0n) is 48.5. The highest BCUT2D eigenvalue weighted by Gasteiger charge is 2.78. The van der Waals surface area contributed by atoms with Crippen molar-refractivity contribution in [2.24, 2.45) is 16.7 Å². The number of aliphatic hydroxyl groups is 3. The number of nitrogens with one attached hydrogen (secondary N) is 2. The van der Waals surface area contributed by atoms with Crippen LogP contribution in [0.2, 0.25) is 0 Å². The molecule has 7 rings (SSSR count). The van der Waals surface area contributed by atoms with E-state index in [1.165, 1.54) is 73.5 Å². The zero-order chi connectivity index (χ0) is 64.4. The van der Waals surface area contributed by atoms with Gasteiger partial charge in [-0.2, -0.15) is 0 Å².